The normalized spacial score (nSPS) is 24.4. The van der Waals surface area contributed by atoms with Crippen LogP contribution in [0.4, 0.5) is 0 Å². The molecule has 0 radical (unpaired) electrons. The van der Waals surface area contributed by atoms with Gasteiger partial charge < -0.3 is 14.9 Å². The molecule has 1 aromatic carbocycles. The van der Waals surface area contributed by atoms with E-state index in [2.05, 4.69) is 18.7 Å². The predicted octanol–water partition coefficient (Wildman–Crippen LogP) is 9.00. The van der Waals surface area contributed by atoms with Gasteiger partial charge in [0.2, 0.25) is 0 Å². The Morgan fingerprint density at radius 1 is 0.978 bits per heavy atom. The van der Waals surface area contributed by atoms with Gasteiger partial charge in [-0.3, -0.25) is 14.4 Å². The number of Topliss-reactive ketones (excluding diaryl/α,β-unsaturated/α-hetero) is 3. The SMILES string of the molecule is C=C(C)[C@H](CC=C(C)C)C[C@]12C[C@H](CC=C(C)C)C(C)(C)[C@](CC=C(C)C)(C(=O)C(C(=O)c3ccc(O)c(O)c3)=C1OC)C2=O. The van der Waals surface area contributed by atoms with E-state index >= 15 is 9.59 Å². The van der Waals surface area contributed by atoms with Gasteiger partial charge in [-0.05, 0) is 116 Å². The number of allylic oxidation sites excluding steroid dienone is 9. The summed E-state index contributed by atoms with van der Waals surface area (Å²) in [6, 6.07) is 3.75. The molecule has 2 bridgehead atoms. The number of ketones is 3. The number of benzene rings is 1. The monoisotopic (exact) mass is 616 g/mol. The average molecular weight is 617 g/mol. The van der Waals surface area contributed by atoms with Crippen LogP contribution in [0.3, 0.4) is 0 Å². The third-order valence-electron chi connectivity index (χ3n) is 10.2. The molecule has 2 aliphatic rings. The van der Waals surface area contributed by atoms with Crippen molar-refractivity contribution >= 4 is 17.3 Å². The van der Waals surface area contributed by atoms with Crippen molar-refractivity contribution in [2.45, 2.75) is 94.4 Å². The summed E-state index contributed by atoms with van der Waals surface area (Å²) in [6.45, 7) is 22.3. The first-order valence-electron chi connectivity index (χ1n) is 15.9. The van der Waals surface area contributed by atoms with E-state index in [4.69, 9.17) is 4.74 Å². The van der Waals surface area contributed by atoms with Crippen LogP contribution in [0.25, 0.3) is 0 Å². The fraction of sp³-hybridized carbons (Fsp3) is 0.513. The van der Waals surface area contributed by atoms with Crippen molar-refractivity contribution < 1.29 is 29.3 Å². The van der Waals surface area contributed by atoms with Crippen molar-refractivity contribution in [3.8, 4) is 11.5 Å². The number of phenols is 2. The number of rotatable bonds is 12. The average Bonchev–Trinajstić information content (AvgIpc) is 2.94. The van der Waals surface area contributed by atoms with Crippen LogP contribution in [0.5, 0.6) is 11.5 Å². The van der Waals surface area contributed by atoms with Gasteiger partial charge in [0.1, 0.15) is 16.7 Å². The molecule has 0 spiro atoms. The summed E-state index contributed by atoms with van der Waals surface area (Å²) in [6.07, 6.45) is 8.50. The van der Waals surface area contributed by atoms with Gasteiger partial charge in [-0.15, -0.1) is 0 Å². The Morgan fingerprint density at radius 3 is 2.09 bits per heavy atom. The highest BCUT2D eigenvalue weighted by atomic mass is 16.5. The van der Waals surface area contributed by atoms with Crippen molar-refractivity contribution in [1.82, 2.24) is 0 Å². The maximum absolute atomic E-state index is 15.4. The van der Waals surface area contributed by atoms with Crippen LogP contribution in [0, 0.1) is 28.1 Å². The van der Waals surface area contributed by atoms with E-state index in [9.17, 15) is 15.0 Å². The second-order valence-corrected chi connectivity index (χ2v) is 14.5. The summed E-state index contributed by atoms with van der Waals surface area (Å²) in [4.78, 5) is 45.0. The van der Waals surface area contributed by atoms with Gasteiger partial charge in [-0.2, -0.15) is 0 Å². The summed E-state index contributed by atoms with van der Waals surface area (Å²) < 4.78 is 6.08. The Bertz CT molecular complexity index is 1500. The van der Waals surface area contributed by atoms with E-state index in [0.717, 1.165) is 28.4 Å². The highest BCUT2D eigenvalue weighted by Gasteiger charge is 2.72. The minimum Gasteiger partial charge on any atom is -0.504 e. The molecule has 1 fully saturated rings. The number of phenolic OH excluding ortho intramolecular Hbond substituents is 2. The predicted molar refractivity (Wildman–Crippen MR) is 180 cm³/mol. The number of ether oxygens (including phenoxy) is 1. The molecule has 2 aliphatic carbocycles. The molecule has 0 aliphatic heterocycles. The molecule has 4 atom stereocenters. The van der Waals surface area contributed by atoms with Crippen LogP contribution in [-0.2, 0) is 14.3 Å². The summed E-state index contributed by atoms with van der Waals surface area (Å²) in [5.74, 6) is -2.31. The van der Waals surface area contributed by atoms with Crippen LogP contribution in [0.1, 0.15) is 105 Å². The van der Waals surface area contributed by atoms with Crippen LogP contribution in [0.15, 0.2) is 76.6 Å². The highest BCUT2D eigenvalue weighted by molar-refractivity contribution is 6.35. The van der Waals surface area contributed by atoms with Crippen molar-refractivity contribution in [2.75, 3.05) is 7.11 Å². The zero-order chi connectivity index (χ0) is 34.1. The van der Waals surface area contributed by atoms with Crippen molar-refractivity contribution in [1.29, 1.82) is 0 Å². The lowest BCUT2D eigenvalue weighted by atomic mass is 9.39. The Morgan fingerprint density at radius 2 is 1.58 bits per heavy atom. The molecule has 2 N–H and O–H groups in total. The van der Waals surface area contributed by atoms with Crippen molar-refractivity contribution in [2.24, 2.45) is 28.1 Å². The van der Waals surface area contributed by atoms with Gasteiger partial charge in [0, 0.05) is 5.56 Å². The Balaban J connectivity index is 2.51. The minimum absolute atomic E-state index is 0.0306. The smallest absolute Gasteiger partial charge is 0.200 e. The quantitative estimate of drug-likeness (QED) is 0.0799. The number of carbonyl (C=O) groups is 3. The lowest BCUT2D eigenvalue weighted by Gasteiger charge is -2.61. The first-order chi connectivity index (χ1) is 20.9. The van der Waals surface area contributed by atoms with Gasteiger partial charge in [-0.1, -0.05) is 60.9 Å². The topological polar surface area (TPSA) is 101 Å². The Kier molecular flexibility index (Phi) is 10.6. The van der Waals surface area contributed by atoms with E-state index in [1.54, 1.807) is 0 Å². The van der Waals surface area contributed by atoms with E-state index in [1.807, 2.05) is 68.4 Å². The number of aromatic hydroxyl groups is 2. The molecule has 0 heterocycles. The maximum atomic E-state index is 15.4. The molecule has 1 saturated carbocycles. The third-order valence-corrected chi connectivity index (χ3v) is 10.2. The number of hydrogen-bond acceptors (Lipinski definition) is 6. The highest BCUT2D eigenvalue weighted by Crippen LogP contribution is 2.67. The molecular formula is C39H52O6. The summed E-state index contributed by atoms with van der Waals surface area (Å²) in [5.41, 5.74) is 0.450. The second-order valence-electron chi connectivity index (χ2n) is 14.5. The van der Waals surface area contributed by atoms with Crippen molar-refractivity contribution in [3.05, 3.63) is 82.2 Å². The molecule has 0 unspecified atom stereocenters. The summed E-state index contributed by atoms with van der Waals surface area (Å²) in [7, 11) is 1.43. The standard InChI is InChI=1S/C39H52O6/c1-23(2)12-14-28(26(7)8)21-38-22-29(16-13-24(3)4)37(9,10)39(36(38)44,19-18-25(5)6)34(43)32(35(38)45-11)33(42)27-15-17-30(40)31(41)20-27/h12-13,15,17-18,20,28-29,40-41H,7,14,16,19,21-22H2,1-6,8-11H3/t28-,29+,38+,39-/m1/s1. The molecule has 6 nitrogen and oxygen atoms in total. The largest absolute Gasteiger partial charge is 0.504 e. The van der Waals surface area contributed by atoms with Gasteiger partial charge in [0.05, 0.1) is 12.5 Å². The number of fused-ring (bicyclic) bond motifs is 2. The van der Waals surface area contributed by atoms with E-state index in [0.29, 0.717) is 25.7 Å². The Hall–Kier alpha value is -3.67. The van der Waals surface area contributed by atoms with Gasteiger partial charge >= 0.3 is 0 Å². The number of methoxy groups -OCH3 is 1. The molecule has 1 aromatic rings. The molecule has 0 aromatic heterocycles. The zero-order valence-corrected chi connectivity index (χ0v) is 28.9. The first kappa shape index (κ1) is 35.8. The summed E-state index contributed by atoms with van der Waals surface area (Å²) >= 11 is 0. The maximum Gasteiger partial charge on any atom is 0.200 e. The fourth-order valence-corrected chi connectivity index (χ4v) is 7.37. The fourth-order valence-electron chi connectivity index (χ4n) is 7.37. The number of hydrogen-bond donors (Lipinski definition) is 2. The molecule has 244 valence electrons. The Labute approximate surface area is 269 Å². The first-order valence-corrected chi connectivity index (χ1v) is 15.9. The zero-order valence-electron chi connectivity index (χ0n) is 28.9. The van der Waals surface area contributed by atoms with E-state index < -0.39 is 33.6 Å². The van der Waals surface area contributed by atoms with Gasteiger partial charge in [0.25, 0.3) is 0 Å². The molecular weight excluding hydrogens is 564 g/mol. The van der Waals surface area contributed by atoms with E-state index in [-0.39, 0.29) is 46.7 Å². The van der Waals surface area contributed by atoms with Crippen LogP contribution < -0.4 is 0 Å². The lowest BCUT2D eigenvalue weighted by molar-refractivity contribution is -0.173. The molecule has 45 heavy (non-hydrogen) atoms. The van der Waals surface area contributed by atoms with Gasteiger partial charge in [0.15, 0.2) is 28.8 Å². The van der Waals surface area contributed by atoms with Gasteiger partial charge in [-0.25, -0.2) is 0 Å². The molecule has 3 rings (SSSR count). The van der Waals surface area contributed by atoms with Crippen LogP contribution in [-0.4, -0.2) is 34.7 Å². The van der Waals surface area contributed by atoms with Crippen LogP contribution >= 0.6 is 0 Å². The second kappa shape index (κ2) is 13.4. The molecule has 6 heteroatoms. The molecule has 0 amide bonds. The number of carbonyl (C=O) groups excluding carboxylic acids is 3. The minimum atomic E-state index is -1.54. The van der Waals surface area contributed by atoms with E-state index in [1.165, 1.54) is 19.2 Å². The van der Waals surface area contributed by atoms with Crippen LogP contribution in [0.2, 0.25) is 0 Å². The third kappa shape index (κ3) is 6.39. The molecule has 0 saturated heterocycles. The van der Waals surface area contributed by atoms with Crippen molar-refractivity contribution in [3.63, 3.8) is 0 Å². The lowest BCUT2D eigenvalue weighted by Crippen LogP contribution is -2.67. The summed E-state index contributed by atoms with van der Waals surface area (Å²) in [5, 5.41) is 20.2.